The van der Waals surface area contributed by atoms with Crippen molar-refractivity contribution in [2.45, 2.75) is 20.1 Å². The molecule has 0 unspecified atom stereocenters. The van der Waals surface area contributed by atoms with E-state index in [1.54, 1.807) is 19.1 Å². The highest BCUT2D eigenvalue weighted by molar-refractivity contribution is 5.94. The molecule has 1 amide bonds. The SMILES string of the molecule is Cc1ccc(N)c(N=N)c1CNC(=O)c1ccc(OC(F)F)c(F)c1. The molecule has 9 heteroatoms. The highest BCUT2D eigenvalue weighted by Gasteiger charge is 2.15. The fourth-order valence-electron chi connectivity index (χ4n) is 2.21. The van der Waals surface area contributed by atoms with Gasteiger partial charge in [0, 0.05) is 17.7 Å². The molecule has 0 heterocycles. The van der Waals surface area contributed by atoms with Crippen molar-refractivity contribution in [1.29, 1.82) is 5.53 Å². The topological polar surface area (TPSA) is 101 Å². The fraction of sp³-hybridized carbons (Fsp3) is 0.188. The summed E-state index contributed by atoms with van der Waals surface area (Å²) in [6, 6.07) is 6.24. The van der Waals surface area contributed by atoms with Crippen molar-refractivity contribution >= 4 is 17.3 Å². The first-order valence-corrected chi connectivity index (χ1v) is 7.11. The lowest BCUT2D eigenvalue weighted by Crippen LogP contribution is -2.23. The second-order valence-electron chi connectivity index (χ2n) is 5.12. The fourth-order valence-corrected chi connectivity index (χ4v) is 2.21. The number of hydrogen-bond acceptors (Lipinski definition) is 5. The van der Waals surface area contributed by atoms with Gasteiger partial charge in [0.05, 0.1) is 5.69 Å². The van der Waals surface area contributed by atoms with Gasteiger partial charge < -0.3 is 15.8 Å². The van der Waals surface area contributed by atoms with E-state index in [1.165, 1.54) is 0 Å². The van der Waals surface area contributed by atoms with Crippen molar-refractivity contribution < 1.29 is 22.7 Å². The number of nitrogens with zero attached hydrogens (tertiary/aromatic N) is 1. The summed E-state index contributed by atoms with van der Waals surface area (Å²) in [4.78, 5) is 12.1. The summed E-state index contributed by atoms with van der Waals surface area (Å²) >= 11 is 0. The Kier molecular flexibility index (Phi) is 5.58. The first-order valence-electron chi connectivity index (χ1n) is 7.11. The number of rotatable bonds is 6. The number of hydrogen-bond donors (Lipinski definition) is 3. The van der Waals surface area contributed by atoms with Crippen LogP contribution >= 0.6 is 0 Å². The average molecular weight is 352 g/mol. The molecule has 0 spiro atoms. The smallest absolute Gasteiger partial charge is 0.387 e. The van der Waals surface area contributed by atoms with E-state index in [9.17, 15) is 18.0 Å². The zero-order valence-electron chi connectivity index (χ0n) is 13.1. The molecule has 2 rings (SSSR count). The first-order chi connectivity index (χ1) is 11.8. The molecule has 0 radical (unpaired) electrons. The van der Waals surface area contributed by atoms with Gasteiger partial charge in [0.2, 0.25) is 0 Å². The van der Waals surface area contributed by atoms with Crippen LogP contribution in [-0.2, 0) is 6.54 Å². The van der Waals surface area contributed by atoms with Gasteiger partial charge in [0.15, 0.2) is 11.6 Å². The summed E-state index contributed by atoms with van der Waals surface area (Å²) < 4.78 is 41.9. The van der Waals surface area contributed by atoms with Crippen LogP contribution < -0.4 is 15.8 Å². The monoisotopic (exact) mass is 352 g/mol. The Morgan fingerprint density at radius 1 is 1.36 bits per heavy atom. The largest absolute Gasteiger partial charge is 0.432 e. The van der Waals surface area contributed by atoms with Gasteiger partial charge in [-0.1, -0.05) is 6.07 Å². The number of nitrogen functional groups attached to an aromatic ring is 1. The zero-order chi connectivity index (χ0) is 18.6. The van der Waals surface area contributed by atoms with Crippen LogP contribution in [0.15, 0.2) is 35.4 Å². The lowest BCUT2D eigenvalue weighted by atomic mass is 10.0. The first kappa shape index (κ1) is 18.2. The third-order valence-corrected chi connectivity index (χ3v) is 3.50. The Morgan fingerprint density at radius 2 is 2.08 bits per heavy atom. The van der Waals surface area contributed by atoms with Gasteiger partial charge in [-0.25, -0.2) is 9.92 Å². The number of benzene rings is 2. The molecule has 2 aromatic carbocycles. The normalized spacial score (nSPS) is 10.6. The summed E-state index contributed by atoms with van der Waals surface area (Å²) in [7, 11) is 0. The molecular formula is C16H15F3N4O2. The molecule has 6 nitrogen and oxygen atoms in total. The Balaban J connectivity index is 2.15. The second kappa shape index (κ2) is 7.65. The average Bonchev–Trinajstić information content (AvgIpc) is 2.56. The van der Waals surface area contributed by atoms with E-state index < -0.39 is 24.1 Å². The quantitative estimate of drug-likeness (QED) is 0.543. The zero-order valence-corrected chi connectivity index (χ0v) is 13.1. The summed E-state index contributed by atoms with van der Waals surface area (Å²) in [5, 5.41) is 5.91. The number of ether oxygens (including phenoxy) is 1. The van der Waals surface area contributed by atoms with E-state index in [1.807, 2.05) is 0 Å². The van der Waals surface area contributed by atoms with Crippen molar-refractivity contribution in [2.75, 3.05) is 5.73 Å². The van der Waals surface area contributed by atoms with Crippen molar-refractivity contribution in [2.24, 2.45) is 5.11 Å². The number of nitrogens with one attached hydrogen (secondary N) is 2. The molecule has 0 fully saturated rings. The summed E-state index contributed by atoms with van der Waals surface area (Å²) in [5.41, 5.74) is 14.7. The number of anilines is 1. The Bertz CT molecular complexity index is 812. The van der Waals surface area contributed by atoms with Gasteiger partial charge in [-0.2, -0.15) is 13.9 Å². The van der Waals surface area contributed by atoms with E-state index >= 15 is 0 Å². The maximum absolute atomic E-state index is 13.7. The molecule has 0 saturated carbocycles. The molecular weight excluding hydrogens is 337 g/mol. The molecule has 4 N–H and O–H groups in total. The van der Waals surface area contributed by atoms with Crippen LogP contribution in [0.2, 0.25) is 0 Å². The number of carbonyl (C=O) groups is 1. The number of amides is 1. The number of carbonyl (C=O) groups excluding carboxylic acids is 1. The molecule has 25 heavy (non-hydrogen) atoms. The van der Waals surface area contributed by atoms with Crippen molar-refractivity contribution in [3.05, 3.63) is 52.8 Å². The number of nitrogens with two attached hydrogens (primary N) is 1. The van der Waals surface area contributed by atoms with Crippen LogP contribution in [-0.4, -0.2) is 12.5 Å². The van der Waals surface area contributed by atoms with Crippen molar-refractivity contribution in [1.82, 2.24) is 5.32 Å². The Hall–Kier alpha value is -3.10. The minimum Gasteiger partial charge on any atom is -0.432 e. The van der Waals surface area contributed by atoms with Gasteiger partial charge >= 0.3 is 6.61 Å². The third kappa shape index (κ3) is 4.25. The van der Waals surface area contributed by atoms with E-state index in [2.05, 4.69) is 15.2 Å². The molecule has 0 aromatic heterocycles. The van der Waals surface area contributed by atoms with Gasteiger partial charge in [0.25, 0.3) is 5.91 Å². The molecule has 0 atom stereocenters. The lowest BCUT2D eigenvalue weighted by Gasteiger charge is -2.12. The molecule has 0 aliphatic carbocycles. The van der Waals surface area contributed by atoms with Crippen LogP contribution in [0, 0.1) is 18.3 Å². The van der Waals surface area contributed by atoms with Crippen LogP contribution in [0.4, 0.5) is 24.5 Å². The van der Waals surface area contributed by atoms with Gasteiger partial charge in [0.1, 0.15) is 5.69 Å². The third-order valence-electron chi connectivity index (χ3n) is 3.50. The van der Waals surface area contributed by atoms with E-state index in [0.29, 0.717) is 11.3 Å². The lowest BCUT2D eigenvalue weighted by molar-refractivity contribution is -0.0521. The van der Waals surface area contributed by atoms with Gasteiger partial charge in [-0.05, 0) is 36.8 Å². The van der Waals surface area contributed by atoms with Crippen molar-refractivity contribution in [3.8, 4) is 5.75 Å². The van der Waals surface area contributed by atoms with Crippen LogP contribution in [0.25, 0.3) is 0 Å². The van der Waals surface area contributed by atoms with Gasteiger partial charge in [-0.3, -0.25) is 4.79 Å². The van der Waals surface area contributed by atoms with E-state index in [0.717, 1.165) is 23.8 Å². The standard InChI is InChI=1S/C16H15F3N4O2/c1-8-2-4-12(20)14(23-21)10(8)7-22-15(24)9-3-5-13(11(17)6-9)25-16(18)19/h2-6,16,21H,7,20H2,1H3,(H,22,24). The summed E-state index contributed by atoms with van der Waals surface area (Å²) in [6.07, 6.45) is 0. The van der Waals surface area contributed by atoms with E-state index in [4.69, 9.17) is 11.3 Å². The van der Waals surface area contributed by atoms with Crippen molar-refractivity contribution in [3.63, 3.8) is 0 Å². The Labute approximate surface area is 141 Å². The summed E-state index contributed by atoms with van der Waals surface area (Å²) in [6.45, 7) is -1.37. The minimum atomic E-state index is -3.16. The van der Waals surface area contributed by atoms with Crippen LogP contribution in [0.3, 0.4) is 0 Å². The molecule has 2 aromatic rings. The number of alkyl halides is 2. The Morgan fingerprint density at radius 3 is 2.68 bits per heavy atom. The molecule has 132 valence electrons. The minimum absolute atomic E-state index is 0.0182. The highest BCUT2D eigenvalue weighted by Crippen LogP contribution is 2.29. The maximum atomic E-state index is 13.7. The maximum Gasteiger partial charge on any atom is 0.387 e. The summed E-state index contributed by atoms with van der Waals surface area (Å²) in [5.74, 6) is -2.34. The predicted octanol–water partition coefficient (Wildman–Crippen LogP) is 3.91. The van der Waals surface area contributed by atoms with Gasteiger partial charge in [-0.15, -0.1) is 0 Å². The number of halogens is 3. The second-order valence-corrected chi connectivity index (χ2v) is 5.12. The molecule has 0 saturated heterocycles. The molecule has 0 aliphatic heterocycles. The van der Waals surface area contributed by atoms with E-state index in [-0.39, 0.29) is 17.8 Å². The van der Waals surface area contributed by atoms with Crippen LogP contribution in [0.5, 0.6) is 5.75 Å². The predicted molar refractivity (Wildman–Crippen MR) is 84.6 cm³/mol. The molecule has 0 bridgehead atoms. The number of aryl methyl sites for hydroxylation is 1. The highest BCUT2D eigenvalue weighted by atomic mass is 19.3. The molecule has 0 aliphatic rings. The van der Waals surface area contributed by atoms with Crippen LogP contribution in [0.1, 0.15) is 21.5 Å².